The zero-order valence-corrected chi connectivity index (χ0v) is 13.1. The highest BCUT2D eigenvalue weighted by Gasteiger charge is 2.41. The first-order valence-electron chi connectivity index (χ1n) is 7.30. The summed E-state index contributed by atoms with van der Waals surface area (Å²) < 4.78 is 51.5. The molecule has 0 aromatic heterocycles. The summed E-state index contributed by atoms with van der Waals surface area (Å²) in [5, 5.41) is 2.81. The van der Waals surface area contributed by atoms with E-state index in [1.807, 2.05) is 6.92 Å². The molecule has 0 saturated heterocycles. The van der Waals surface area contributed by atoms with Crippen LogP contribution in [-0.4, -0.2) is 26.3 Å². The number of nitrogens with one attached hydrogen (secondary N) is 1. The number of halogens is 2. The van der Waals surface area contributed by atoms with Gasteiger partial charge in [-0.05, 0) is 49.9 Å². The van der Waals surface area contributed by atoms with Crippen LogP contribution < -0.4 is 5.32 Å². The van der Waals surface area contributed by atoms with Gasteiger partial charge in [-0.1, -0.05) is 13.8 Å². The molecule has 6 heteroatoms. The van der Waals surface area contributed by atoms with E-state index in [0.717, 1.165) is 37.6 Å². The van der Waals surface area contributed by atoms with Crippen molar-refractivity contribution in [3.05, 3.63) is 29.8 Å². The maximum absolute atomic E-state index is 13.3. The second-order valence-electron chi connectivity index (χ2n) is 5.66. The smallest absolute Gasteiger partial charge is 0.181 e. The van der Waals surface area contributed by atoms with E-state index in [1.165, 1.54) is 0 Å². The van der Waals surface area contributed by atoms with Gasteiger partial charge >= 0.3 is 0 Å². The van der Waals surface area contributed by atoms with E-state index < -0.39 is 26.7 Å². The average Bonchev–Trinajstić information content (AvgIpc) is 2.81. The minimum absolute atomic E-state index is 0.0466. The van der Waals surface area contributed by atoms with Gasteiger partial charge in [0.15, 0.2) is 21.5 Å². The maximum Gasteiger partial charge on any atom is 0.181 e. The zero-order valence-electron chi connectivity index (χ0n) is 12.3. The summed E-state index contributed by atoms with van der Waals surface area (Å²) in [6.07, 6.45) is 2.32. The van der Waals surface area contributed by atoms with Crippen LogP contribution in [0.1, 0.15) is 33.1 Å². The van der Waals surface area contributed by atoms with Crippen LogP contribution in [0.3, 0.4) is 0 Å². The highest BCUT2D eigenvalue weighted by molar-refractivity contribution is 7.92. The molecule has 2 rings (SSSR count). The summed E-state index contributed by atoms with van der Waals surface area (Å²) in [4.78, 5) is -0.130. The summed E-state index contributed by atoms with van der Waals surface area (Å²) in [6.45, 7) is 4.82. The predicted molar refractivity (Wildman–Crippen MR) is 77.8 cm³/mol. The highest BCUT2D eigenvalue weighted by atomic mass is 32.2. The standard InChI is InChI=1S/C15H21F2NO2S/c1-3-8-18-14-6-7-15(10(14)2)21(19,20)11-4-5-12(16)13(17)9-11/h4-5,9-10,14-15,18H,3,6-8H2,1-2H3. The monoisotopic (exact) mass is 317 g/mol. The third-order valence-electron chi connectivity index (χ3n) is 4.26. The molecule has 3 unspecified atom stereocenters. The molecule has 0 amide bonds. The molecule has 1 aliphatic rings. The topological polar surface area (TPSA) is 46.2 Å². The van der Waals surface area contributed by atoms with Crippen LogP contribution in [0.25, 0.3) is 0 Å². The Labute approximate surface area is 124 Å². The molecule has 0 heterocycles. The van der Waals surface area contributed by atoms with Gasteiger partial charge in [0.25, 0.3) is 0 Å². The van der Waals surface area contributed by atoms with E-state index in [-0.39, 0.29) is 16.9 Å². The molecule has 0 aliphatic heterocycles. The summed E-state index contributed by atoms with van der Waals surface area (Å²) in [5.41, 5.74) is 0. The zero-order chi connectivity index (χ0) is 15.6. The van der Waals surface area contributed by atoms with Gasteiger partial charge in [-0.25, -0.2) is 17.2 Å². The number of rotatable bonds is 5. The minimum Gasteiger partial charge on any atom is -0.314 e. The van der Waals surface area contributed by atoms with Crippen molar-refractivity contribution in [2.24, 2.45) is 5.92 Å². The maximum atomic E-state index is 13.3. The second-order valence-corrected chi connectivity index (χ2v) is 7.82. The Kier molecular flexibility index (Phi) is 4.99. The lowest BCUT2D eigenvalue weighted by Gasteiger charge is -2.22. The normalized spacial score (nSPS) is 26.2. The lowest BCUT2D eigenvalue weighted by atomic mass is 10.1. The number of hydrogen-bond acceptors (Lipinski definition) is 3. The molecule has 1 fully saturated rings. The molecule has 0 spiro atoms. The van der Waals surface area contributed by atoms with Gasteiger partial charge in [0.05, 0.1) is 10.1 Å². The Morgan fingerprint density at radius 1 is 1.24 bits per heavy atom. The molecule has 1 saturated carbocycles. The lowest BCUT2D eigenvalue weighted by Crippen LogP contribution is -2.36. The molecule has 1 N–H and O–H groups in total. The highest BCUT2D eigenvalue weighted by Crippen LogP contribution is 2.35. The van der Waals surface area contributed by atoms with Crippen molar-refractivity contribution in [2.75, 3.05) is 6.54 Å². The van der Waals surface area contributed by atoms with Crippen molar-refractivity contribution in [1.82, 2.24) is 5.32 Å². The van der Waals surface area contributed by atoms with Crippen molar-refractivity contribution >= 4 is 9.84 Å². The molecule has 21 heavy (non-hydrogen) atoms. The third-order valence-corrected chi connectivity index (χ3v) is 6.63. The van der Waals surface area contributed by atoms with Crippen LogP contribution in [0, 0.1) is 17.6 Å². The number of benzene rings is 1. The molecule has 118 valence electrons. The molecule has 3 atom stereocenters. The van der Waals surface area contributed by atoms with Gasteiger partial charge in [0.1, 0.15) is 0 Å². The summed E-state index contributed by atoms with van der Waals surface area (Å²) >= 11 is 0. The second kappa shape index (κ2) is 6.40. The van der Waals surface area contributed by atoms with E-state index in [4.69, 9.17) is 0 Å². The molecule has 3 nitrogen and oxygen atoms in total. The Morgan fingerprint density at radius 3 is 2.57 bits per heavy atom. The molecule has 1 aliphatic carbocycles. The van der Waals surface area contributed by atoms with Gasteiger partial charge in [-0.15, -0.1) is 0 Å². The van der Waals surface area contributed by atoms with Gasteiger partial charge in [-0.2, -0.15) is 0 Å². The molecule has 0 bridgehead atoms. The molecule has 1 aromatic rings. The van der Waals surface area contributed by atoms with Crippen LogP contribution in [0.2, 0.25) is 0 Å². The Morgan fingerprint density at radius 2 is 1.95 bits per heavy atom. The summed E-state index contributed by atoms with van der Waals surface area (Å²) in [7, 11) is -3.63. The van der Waals surface area contributed by atoms with Gasteiger partial charge in [0, 0.05) is 6.04 Å². The van der Waals surface area contributed by atoms with Crippen LogP contribution in [0.5, 0.6) is 0 Å². The van der Waals surface area contributed by atoms with E-state index in [2.05, 4.69) is 12.2 Å². The minimum atomic E-state index is -3.63. The molecule has 1 aromatic carbocycles. The van der Waals surface area contributed by atoms with Crippen LogP contribution in [0.15, 0.2) is 23.1 Å². The first-order chi connectivity index (χ1) is 9.87. The fourth-order valence-electron chi connectivity index (χ4n) is 3.01. The fourth-order valence-corrected chi connectivity index (χ4v) is 5.09. The SMILES string of the molecule is CCCNC1CCC(S(=O)(=O)c2ccc(F)c(F)c2)C1C. The van der Waals surface area contributed by atoms with Crippen LogP contribution in [0.4, 0.5) is 8.78 Å². The van der Waals surface area contributed by atoms with Gasteiger partial charge in [-0.3, -0.25) is 0 Å². The Bertz CT molecular complexity index is 604. The van der Waals surface area contributed by atoms with Crippen molar-refractivity contribution in [3.63, 3.8) is 0 Å². The number of sulfone groups is 1. The Hall–Kier alpha value is -1.01. The first kappa shape index (κ1) is 16.4. The fraction of sp³-hybridized carbons (Fsp3) is 0.600. The van der Waals surface area contributed by atoms with Gasteiger partial charge < -0.3 is 5.32 Å². The van der Waals surface area contributed by atoms with E-state index in [9.17, 15) is 17.2 Å². The number of hydrogen-bond donors (Lipinski definition) is 1. The molecular weight excluding hydrogens is 296 g/mol. The van der Waals surface area contributed by atoms with Crippen molar-refractivity contribution < 1.29 is 17.2 Å². The first-order valence-corrected chi connectivity index (χ1v) is 8.85. The van der Waals surface area contributed by atoms with E-state index in [1.54, 1.807) is 0 Å². The Balaban J connectivity index is 2.22. The largest absolute Gasteiger partial charge is 0.314 e. The van der Waals surface area contributed by atoms with Crippen molar-refractivity contribution in [1.29, 1.82) is 0 Å². The van der Waals surface area contributed by atoms with Crippen molar-refractivity contribution in [3.8, 4) is 0 Å². The quantitative estimate of drug-likeness (QED) is 0.849. The van der Waals surface area contributed by atoms with E-state index in [0.29, 0.717) is 6.42 Å². The average molecular weight is 317 g/mol. The van der Waals surface area contributed by atoms with Crippen molar-refractivity contribution in [2.45, 2.75) is 49.3 Å². The molecular formula is C15H21F2NO2S. The van der Waals surface area contributed by atoms with Crippen LogP contribution >= 0.6 is 0 Å². The molecule has 0 radical (unpaired) electrons. The lowest BCUT2D eigenvalue weighted by molar-refractivity contribution is 0.424. The summed E-state index contributed by atoms with van der Waals surface area (Å²) in [5.74, 6) is -2.20. The summed E-state index contributed by atoms with van der Waals surface area (Å²) in [6, 6.07) is 2.96. The third kappa shape index (κ3) is 3.26. The van der Waals surface area contributed by atoms with Gasteiger partial charge in [0.2, 0.25) is 0 Å². The van der Waals surface area contributed by atoms with Crippen LogP contribution in [-0.2, 0) is 9.84 Å². The predicted octanol–water partition coefficient (Wildman–Crippen LogP) is 2.91. The van der Waals surface area contributed by atoms with E-state index >= 15 is 0 Å².